The van der Waals surface area contributed by atoms with E-state index in [9.17, 15) is 9.90 Å². The normalized spacial score (nSPS) is 46.6. The van der Waals surface area contributed by atoms with Crippen LogP contribution in [0.25, 0.3) is 0 Å². The van der Waals surface area contributed by atoms with E-state index in [-0.39, 0.29) is 6.10 Å². The van der Waals surface area contributed by atoms with Gasteiger partial charge in [-0.25, -0.2) is 0 Å². The highest BCUT2D eigenvalue weighted by atomic mass is 16.3. The maximum atomic E-state index is 12.0. The first-order chi connectivity index (χ1) is 9.58. The Labute approximate surface area is 123 Å². The topological polar surface area (TPSA) is 37.3 Å². The lowest BCUT2D eigenvalue weighted by molar-refractivity contribution is -0.118. The molecule has 0 aliphatic heterocycles. The number of carbonyl (C=O) groups is 1. The van der Waals surface area contributed by atoms with E-state index in [0.717, 1.165) is 37.5 Å². The van der Waals surface area contributed by atoms with Gasteiger partial charge in [-0.05, 0) is 55.3 Å². The summed E-state index contributed by atoms with van der Waals surface area (Å²) < 4.78 is 0. The van der Waals surface area contributed by atoms with Crippen LogP contribution in [0.1, 0.15) is 77.6 Å². The standard InChI is InChI=1S/C18H30O2/c1-18-10-9-13-5-4-7-14(19)6-2-3-8-16(13)17(18)11-15(20)12-18/h13-14,16-17,19H,2-12H2,1H3/t13-,14-,16+,17-,18+/m1/s1. The predicted octanol–water partition coefficient (Wildman–Crippen LogP) is 4.10. The van der Waals surface area contributed by atoms with Crippen LogP contribution in [-0.4, -0.2) is 17.0 Å². The van der Waals surface area contributed by atoms with Crippen molar-refractivity contribution in [1.82, 2.24) is 0 Å². The highest BCUT2D eigenvalue weighted by Gasteiger charge is 2.51. The molecule has 0 saturated heterocycles. The third kappa shape index (κ3) is 2.81. The lowest BCUT2D eigenvalue weighted by Gasteiger charge is -2.46. The van der Waals surface area contributed by atoms with Crippen LogP contribution in [0, 0.1) is 23.2 Å². The summed E-state index contributed by atoms with van der Waals surface area (Å²) in [5.74, 6) is 2.79. The van der Waals surface area contributed by atoms with Gasteiger partial charge in [-0.1, -0.05) is 32.6 Å². The first-order valence-electron chi connectivity index (χ1n) is 8.78. The molecule has 3 saturated carbocycles. The third-order valence-corrected chi connectivity index (χ3v) is 6.59. The first-order valence-corrected chi connectivity index (χ1v) is 8.78. The zero-order valence-electron chi connectivity index (χ0n) is 12.9. The fourth-order valence-corrected chi connectivity index (χ4v) is 5.46. The Hall–Kier alpha value is -0.370. The Morgan fingerprint density at radius 2 is 1.80 bits per heavy atom. The molecule has 3 rings (SSSR count). The highest BCUT2D eigenvalue weighted by molar-refractivity contribution is 5.82. The summed E-state index contributed by atoms with van der Waals surface area (Å²) in [7, 11) is 0. The average molecular weight is 278 g/mol. The second kappa shape index (κ2) is 5.79. The van der Waals surface area contributed by atoms with E-state index >= 15 is 0 Å². The quantitative estimate of drug-likeness (QED) is 0.724. The van der Waals surface area contributed by atoms with Crippen LogP contribution in [0.5, 0.6) is 0 Å². The van der Waals surface area contributed by atoms with Crippen molar-refractivity contribution in [1.29, 1.82) is 0 Å². The molecule has 3 fully saturated rings. The third-order valence-electron chi connectivity index (χ3n) is 6.59. The molecule has 0 spiro atoms. The first kappa shape index (κ1) is 14.6. The molecule has 3 aliphatic carbocycles. The second-order valence-corrected chi connectivity index (χ2v) is 8.01. The summed E-state index contributed by atoms with van der Waals surface area (Å²) in [5, 5.41) is 9.91. The Balaban J connectivity index is 1.73. The molecule has 0 aromatic carbocycles. The van der Waals surface area contributed by atoms with E-state index in [1.165, 1.54) is 44.9 Å². The molecule has 3 aliphatic rings. The molecule has 1 N–H and O–H groups in total. The van der Waals surface area contributed by atoms with Crippen molar-refractivity contribution in [2.45, 2.75) is 83.7 Å². The van der Waals surface area contributed by atoms with Gasteiger partial charge in [0.2, 0.25) is 0 Å². The Morgan fingerprint density at radius 1 is 1.05 bits per heavy atom. The summed E-state index contributed by atoms with van der Waals surface area (Å²) in [6.45, 7) is 2.38. The van der Waals surface area contributed by atoms with Crippen molar-refractivity contribution >= 4 is 5.78 Å². The van der Waals surface area contributed by atoms with Crippen molar-refractivity contribution in [2.24, 2.45) is 23.2 Å². The van der Waals surface area contributed by atoms with Crippen molar-refractivity contribution in [2.75, 3.05) is 0 Å². The predicted molar refractivity (Wildman–Crippen MR) is 80.4 cm³/mol. The minimum atomic E-state index is -0.0616. The molecule has 0 radical (unpaired) electrons. The van der Waals surface area contributed by atoms with Crippen molar-refractivity contribution in [3.05, 3.63) is 0 Å². The molecule has 0 amide bonds. The van der Waals surface area contributed by atoms with Crippen LogP contribution >= 0.6 is 0 Å². The van der Waals surface area contributed by atoms with Gasteiger partial charge in [0.05, 0.1) is 6.10 Å². The largest absolute Gasteiger partial charge is 0.393 e. The van der Waals surface area contributed by atoms with E-state index in [0.29, 0.717) is 17.1 Å². The Kier molecular flexibility index (Phi) is 4.21. The van der Waals surface area contributed by atoms with Gasteiger partial charge in [0.25, 0.3) is 0 Å². The number of rotatable bonds is 0. The molecule has 2 heteroatoms. The minimum absolute atomic E-state index is 0.0616. The molecule has 0 unspecified atom stereocenters. The molecule has 0 aromatic rings. The molecule has 5 atom stereocenters. The fourth-order valence-electron chi connectivity index (χ4n) is 5.46. The molecule has 114 valence electrons. The van der Waals surface area contributed by atoms with Crippen LogP contribution in [-0.2, 0) is 4.79 Å². The van der Waals surface area contributed by atoms with Gasteiger partial charge in [0.15, 0.2) is 0 Å². The average Bonchev–Trinajstić information content (AvgIpc) is 2.71. The van der Waals surface area contributed by atoms with Crippen molar-refractivity contribution in [3.63, 3.8) is 0 Å². The van der Waals surface area contributed by atoms with Gasteiger partial charge in [-0.2, -0.15) is 0 Å². The molecule has 0 heterocycles. The fraction of sp³-hybridized carbons (Fsp3) is 0.944. The van der Waals surface area contributed by atoms with Crippen LogP contribution in [0.2, 0.25) is 0 Å². The number of aliphatic hydroxyl groups excluding tert-OH is 1. The SMILES string of the molecule is C[C@@]12CC[C@H]3CCC[C@H](O)CCCC[C@@H]3[C@H]1CC(=O)C2. The summed E-state index contributed by atoms with van der Waals surface area (Å²) in [6, 6.07) is 0. The molecular weight excluding hydrogens is 248 g/mol. The Bertz CT molecular complexity index is 364. The maximum Gasteiger partial charge on any atom is 0.133 e. The number of hydrogen-bond acceptors (Lipinski definition) is 2. The van der Waals surface area contributed by atoms with Crippen molar-refractivity contribution < 1.29 is 9.90 Å². The van der Waals surface area contributed by atoms with Gasteiger partial charge >= 0.3 is 0 Å². The van der Waals surface area contributed by atoms with E-state index in [1.807, 2.05) is 0 Å². The number of Topliss-reactive ketones (excluding diaryl/α,β-unsaturated/α-hetero) is 1. The number of carbonyl (C=O) groups excluding carboxylic acids is 1. The van der Waals surface area contributed by atoms with Crippen molar-refractivity contribution in [3.8, 4) is 0 Å². The van der Waals surface area contributed by atoms with Crippen LogP contribution in [0.3, 0.4) is 0 Å². The monoisotopic (exact) mass is 278 g/mol. The number of fused-ring (bicyclic) bond motifs is 3. The smallest absolute Gasteiger partial charge is 0.133 e. The lowest BCUT2D eigenvalue weighted by atomic mass is 9.58. The zero-order chi connectivity index (χ0) is 14.2. The van der Waals surface area contributed by atoms with Gasteiger partial charge in [0.1, 0.15) is 5.78 Å². The van der Waals surface area contributed by atoms with E-state index in [2.05, 4.69) is 6.92 Å². The number of ketones is 1. The number of hydrogen-bond donors (Lipinski definition) is 1. The Morgan fingerprint density at radius 3 is 2.65 bits per heavy atom. The molecule has 0 aromatic heterocycles. The van der Waals surface area contributed by atoms with Gasteiger partial charge < -0.3 is 5.11 Å². The maximum absolute atomic E-state index is 12.0. The summed E-state index contributed by atoms with van der Waals surface area (Å²) >= 11 is 0. The van der Waals surface area contributed by atoms with Crippen LogP contribution in [0.15, 0.2) is 0 Å². The van der Waals surface area contributed by atoms with E-state index in [1.54, 1.807) is 0 Å². The van der Waals surface area contributed by atoms with Gasteiger partial charge in [-0.3, -0.25) is 4.79 Å². The minimum Gasteiger partial charge on any atom is -0.393 e. The molecular formula is C18H30O2. The number of aliphatic hydroxyl groups is 1. The molecule has 20 heavy (non-hydrogen) atoms. The highest BCUT2D eigenvalue weighted by Crippen LogP contribution is 2.57. The second-order valence-electron chi connectivity index (χ2n) is 8.01. The van der Waals surface area contributed by atoms with E-state index < -0.39 is 0 Å². The zero-order valence-corrected chi connectivity index (χ0v) is 12.9. The summed E-state index contributed by atoms with van der Waals surface area (Å²) in [6.07, 6.45) is 12.4. The van der Waals surface area contributed by atoms with Gasteiger partial charge in [0, 0.05) is 12.8 Å². The summed E-state index contributed by atoms with van der Waals surface area (Å²) in [4.78, 5) is 12.0. The van der Waals surface area contributed by atoms with E-state index in [4.69, 9.17) is 0 Å². The lowest BCUT2D eigenvalue weighted by Crippen LogP contribution is -2.38. The van der Waals surface area contributed by atoms with Crippen LogP contribution < -0.4 is 0 Å². The van der Waals surface area contributed by atoms with Crippen LogP contribution in [0.4, 0.5) is 0 Å². The summed E-state index contributed by atoms with van der Waals surface area (Å²) in [5.41, 5.74) is 0.321. The molecule has 0 bridgehead atoms. The molecule has 2 nitrogen and oxygen atoms in total. The van der Waals surface area contributed by atoms with Gasteiger partial charge in [-0.15, -0.1) is 0 Å².